The molecule has 1 atom stereocenters. The van der Waals surface area contributed by atoms with Crippen molar-refractivity contribution < 1.29 is 19.0 Å². The van der Waals surface area contributed by atoms with Crippen LogP contribution in [0.5, 0.6) is 23.1 Å². The Hall–Kier alpha value is -3.81. The van der Waals surface area contributed by atoms with Crippen LogP contribution in [0.1, 0.15) is 32.3 Å². The number of carbonyl (C=O) groups excluding carboxylic acids is 1. The van der Waals surface area contributed by atoms with Crippen molar-refractivity contribution in [2.45, 2.75) is 33.2 Å². The lowest BCUT2D eigenvalue weighted by Gasteiger charge is -2.33. The van der Waals surface area contributed by atoms with Crippen LogP contribution in [0.2, 0.25) is 0 Å². The lowest BCUT2D eigenvalue weighted by molar-refractivity contribution is -0.125. The highest BCUT2D eigenvalue weighted by atomic mass is 16.5. The van der Waals surface area contributed by atoms with Crippen molar-refractivity contribution in [1.29, 1.82) is 0 Å². The van der Waals surface area contributed by atoms with E-state index in [4.69, 9.17) is 14.2 Å². The Kier molecular flexibility index (Phi) is 8.38. The zero-order chi connectivity index (χ0) is 24.5. The largest absolute Gasteiger partial charge is 0.490 e. The van der Waals surface area contributed by atoms with Gasteiger partial charge in [-0.1, -0.05) is 24.3 Å². The number of rotatable bonds is 10. The fraction of sp³-hybridized carbons (Fsp3) is 0.370. The third-order valence-electron chi connectivity index (χ3n) is 5.77. The first-order valence-corrected chi connectivity index (χ1v) is 12.1. The normalized spacial score (nSPS) is 15.4. The van der Waals surface area contributed by atoms with Gasteiger partial charge >= 0.3 is 0 Å². The number of amides is 1. The first-order valence-electron chi connectivity index (χ1n) is 12.1. The van der Waals surface area contributed by atoms with Gasteiger partial charge < -0.3 is 24.4 Å². The molecule has 8 heteroatoms. The van der Waals surface area contributed by atoms with Crippen molar-refractivity contribution >= 4 is 11.7 Å². The molecule has 0 radical (unpaired) electrons. The third kappa shape index (κ3) is 6.41. The van der Waals surface area contributed by atoms with E-state index in [-0.39, 0.29) is 11.8 Å². The maximum Gasteiger partial charge on any atom is 0.263 e. The summed E-state index contributed by atoms with van der Waals surface area (Å²) in [5.41, 5.74) is 0.963. The highest BCUT2D eigenvalue weighted by Gasteiger charge is 2.28. The fourth-order valence-electron chi connectivity index (χ4n) is 4.13. The van der Waals surface area contributed by atoms with Crippen LogP contribution in [0.3, 0.4) is 0 Å². The Morgan fingerprint density at radius 3 is 2.60 bits per heavy atom. The van der Waals surface area contributed by atoms with Crippen LogP contribution in [0.15, 0.2) is 60.9 Å². The second kappa shape index (κ2) is 12.1. The Balaban J connectivity index is 1.39. The minimum absolute atomic E-state index is 0.0240. The number of carbonyl (C=O) groups is 1. The molecule has 1 fully saturated rings. The van der Waals surface area contributed by atoms with Crippen LogP contribution in [0, 0.1) is 5.92 Å². The van der Waals surface area contributed by atoms with Crippen LogP contribution >= 0.6 is 0 Å². The molecule has 1 unspecified atom stereocenters. The molecule has 184 valence electrons. The SMILES string of the molecule is CCOc1ccc(CNC(=O)C2CCCN(c3nccnc3Oc3ccccc3)C2)cc1OCC. The molecule has 0 saturated carbocycles. The summed E-state index contributed by atoms with van der Waals surface area (Å²) in [7, 11) is 0. The number of nitrogens with zero attached hydrogens (tertiary/aromatic N) is 3. The molecule has 0 bridgehead atoms. The van der Waals surface area contributed by atoms with Gasteiger partial charge in [0.25, 0.3) is 5.88 Å². The minimum Gasteiger partial charge on any atom is -0.490 e. The van der Waals surface area contributed by atoms with Crippen LogP contribution in [-0.4, -0.2) is 42.2 Å². The van der Waals surface area contributed by atoms with Crippen molar-refractivity contribution in [3.8, 4) is 23.1 Å². The predicted molar refractivity (Wildman–Crippen MR) is 134 cm³/mol. The second-order valence-corrected chi connectivity index (χ2v) is 8.25. The molecular weight excluding hydrogens is 444 g/mol. The van der Waals surface area contributed by atoms with Gasteiger partial charge in [-0.15, -0.1) is 0 Å². The maximum atomic E-state index is 13.0. The topological polar surface area (TPSA) is 85.8 Å². The summed E-state index contributed by atoms with van der Waals surface area (Å²) in [6.07, 6.45) is 4.98. The number of ether oxygens (including phenoxy) is 3. The van der Waals surface area contributed by atoms with E-state index in [0.29, 0.717) is 55.2 Å². The molecule has 2 heterocycles. The Morgan fingerprint density at radius 1 is 1.03 bits per heavy atom. The van der Waals surface area contributed by atoms with Crippen molar-refractivity contribution in [1.82, 2.24) is 15.3 Å². The van der Waals surface area contributed by atoms with E-state index in [0.717, 1.165) is 24.9 Å². The number of benzene rings is 2. The zero-order valence-electron chi connectivity index (χ0n) is 20.3. The molecule has 1 N–H and O–H groups in total. The lowest BCUT2D eigenvalue weighted by atomic mass is 9.97. The average molecular weight is 477 g/mol. The maximum absolute atomic E-state index is 13.0. The minimum atomic E-state index is -0.149. The Labute approximate surface area is 206 Å². The summed E-state index contributed by atoms with van der Waals surface area (Å²) in [5, 5.41) is 3.09. The predicted octanol–water partition coefficient (Wildman–Crippen LogP) is 4.60. The number of piperidine rings is 1. The van der Waals surface area contributed by atoms with Gasteiger partial charge in [-0.05, 0) is 56.5 Å². The van der Waals surface area contributed by atoms with Crippen molar-refractivity contribution in [2.75, 3.05) is 31.2 Å². The number of aromatic nitrogens is 2. The number of hydrogen-bond donors (Lipinski definition) is 1. The Bertz CT molecular complexity index is 1110. The van der Waals surface area contributed by atoms with E-state index >= 15 is 0 Å². The summed E-state index contributed by atoms with van der Waals surface area (Å²) >= 11 is 0. The van der Waals surface area contributed by atoms with Crippen LogP contribution in [0.4, 0.5) is 5.82 Å². The van der Waals surface area contributed by atoms with Gasteiger partial charge in [0.2, 0.25) is 5.91 Å². The molecule has 4 rings (SSSR count). The quantitative estimate of drug-likeness (QED) is 0.458. The van der Waals surface area contributed by atoms with E-state index in [1.54, 1.807) is 12.4 Å². The average Bonchev–Trinajstić information content (AvgIpc) is 2.90. The number of anilines is 1. The van der Waals surface area contributed by atoms with E-state index < -0.39 is 0 Å². The van der Waals surface area contributed by atoms with Crippen molar-refractivity contribution in [2.24, 2.45) is 5.92 Å². The molecule has 1 aromatic heterocycles. The van der Waals surface area contributed by atoms with E-state index in [1.165, 1.54) is 0 Å². The third-order valence-corrected chi connectivity index (χ3v) is 5.77. The first-order chi connectivity index (χ1) is 17.2. The molecular formula is C27H32N4O4. The summed E-state index contributed by atoms with van der Waals surface area (Å²) in [5.74, 6) is 3.07. The van der Waals surface area contributed by atoms with Crippen molar-refractivity contribution in [3.05, 3.63) is 66.5 Å². The van der Waals surface area contributed by atoms with Gasteiger partial charge in [-0.2, -0.15) is 0 Å². The van der Waals surface area contributed by atoms with E-state index in [2.05, 4.69) is 20.2 Å². The smallest absolute Gasteiger partial charge is 0.263 e. The molecule has 0 aliphatic carbocycles. The van der Waals surface area contributed by atoms with Gasteiger partial charge in [0.15, 0.2) is 17.3 Å². The van der Waals surface area contributed by atoms with E-state index in [1.807, 2.05) is 62.4 Å². The summed E-state index contributed by atoms with van der Waals surface area (Å²) in [4.78, 5) is 24.0. The van der Waals surface area contributed by atoms with Gasteiger partial charge in [-0.3, -0.25) is 4.79 Å². The van der Waals surface area contributed by atoms with Crippen LogP contribution < -0.4 is 24.4 Å². The van der Waals surface area contributed by atoms with Crippen molar-refractivity contribution in [3.63, 3.8) is 0 Å². The van der Waals surface area contributed by atoms with Crippen LogP contribution in [0.25, 0.3) is 0 Å². The fourth-order valence-corrected chi connectivity index (χ4v) is 4.13. The highest BCUT2D eigenvalue weighted by Crippen LogP contribution is 2.31. The molecule has 1 aliphatic rings. The van der Waals surface area contributed by atoms with Gasteiger partial charge in [0.05, 0.1) is 19.1 Å². The summed E-state index contributed by atoms with van der Waals surface area (Å²) < 4.78 is 17.3. The molecule has 8 nitrogen and oxygen atoms in total. The lowest BCUT2D eigenvalue weighted by Crippen LogP contribution is -2.43. The molecule has 1 aliphatic heterocycles. The number of nitrogens with one attached hydrogen (secondary N) is 1. The monoisotopic (exact) mass is 476 g/mol. The zero-order valence-corrected chi connectivity index (χ0v) is 20.3. The van der Waals surface area contributed by atoms with Gasteiger partial charge in [0.1, 0.15) is 5.75 Å². The molecule has 35 heavy (non-hydrogen) atoms. The van der Waals surface area contributed by atoms with Crippen LogP contribution in [-0.2, 0) is 11.3 Å². The molecule has 1 amide bonds. The molecule has 3 aromatic rings. The van der Waals surface area contributed by atoms with Gasteiger partial charge in [0, 0.05) is 32.0 Å². The van der Waals surface area contributed by atoms with E-state index in [9.17, 15) is 4.79 Å². The first kappa shape index (κ1) is 24.3. The summed E-state index contributed by atoms with van der Waals surface area (Å²) in [6.45, 7) is 6.77. The number of para-hydroxylation sites is 1. The highest BCUT2D eigenvalue weighted by molar-refractivity contribution is 5.79. The Morgan fingerprint density at radius 2 is 1.80 bits per heavy atom. The standard InChI is InChI=1S/C27H32N4O4/c1-3-33-23-13-12-20(17-24(23)34-4-2)18-30-26(32)21-9-8-16-31(19-21)25-27(29-15-14-28-25)35-22-10-6-5-7-11-22/h5-7,10-15,17,21H,3-4,8-9,16,18-19H2,1-2H3,(H,30,32). The molecule has 0 spiro atoms. The molecule has 1 saturated heterocycles. The van der Waals surface area contributed by atoms with Gasteiger partial charge in [-0.25, -0.2) is 9.97 Å². The second-order valence-electron chi connectivity index (χ2n) is 8.25. The summed E-state index contributed by atoms with van der Waals surface area (Å²) in [6, 6.07) is 15.3. The molecule has 2 aromatic carbocycles. The number of hydrogen-bond acceptors (Lipinski definition) is 7.